The molecule has 4 rings (SSSR count). The molecule has 2 aromatic heterocycles. The van der Waals surface area contributed by atoms with Gasteiger partial charge in [0.1, 0.15) is 0 Å². The second-order valence-corrected chi connectivity index (χ2v) is 5.88. The van der Waals surface area contributed by atoms with Crippen LogP contribution in [0.25, 0.3) is 22.2 Å². The van der Waals surface area contributed by atoms with E-state index in [9.17, 15) is 0 Å². The van der Waals surface area contributed by atoms with E-state index in [-0.39, 0.29) is 0 Å². The van der Waals surface area contributed by atoms with Crippen molar-refractivity contribution in [3.05, 3.63) is 72.6 Å². The molecule has 24 heavy (non-hydrogen) atoms. The number of anilines is 2. The smallest absolute Gasteiger partial charge is 0.157 e. The van der Waals surface area contributed by atoms with Crippen LogP contribution >= 0.6 is 0 Å². The Labute approximate surface area is 140 Å². The zero-order chi connectivity index (χ0) is 16.5. The second kappa shape index (κ2) is 5.81. The number of aromatic nitrogens is 3. The van der Waals surface area contributed by atoms with Gasteiger partial charge in [0.25, 0.3) is 0 Å². The summed E-state index contributed by atoms with van der Waals surface area (Å²) < 4.78 is 1.81. The van der Waals surface area contributed by atoms with Crippen molar-refractivity contribution in [1.82, 2.24) is 14.8 Å². The minimum absolute atomic E-state index is 0.899. The third-order valence-corrected chi connectivity index (χ3v) is 4.12. The lowest BCUT2D eigenvalue weighted by Crippen LogP contribution is -1.94. The van der Waals surface area contributed by atoms with E-state index in [4.69, 9.17) is 0 Å². The fraction of sp³-hybridized carbons (Fsp3) is 0.100. The van der Waals surface area contributed by atoms with Gasteiger partial charge in [0.2, 0.25) is 0 Å². The average Bonchev–Trinajstić information content (AvgIpc) is 2.90. The van der Waals surface area contributed by atoms with Crippen LogP contribution in [0.4, 0.5) is 11.4 Å². The SMILES string of the molecule is Cc1nn(C)c2ncc(Nc3cccc(-c4ccccc4)c3)cc12. The molecule has 118 valence electrons. The molecule has 0 radical (unpaired) electrons. The van der Waals surface area contributed by atoms with Crippen molar-refractivity contribution in [2.75, 3.05) is 5.32 Å². The van der Waals surface area contributed by atoms with E-state index < -0.39 is 0 Å². The van der Waals surface area contributed by atoms with Crippen LogP contribution in [-0.4, -0.2) is 14.8 Å². The lowest BCUT2D eigenvalue weighted by Gasteiger charge is -2.09. The number of aryl methyl sites for hydroxylation is 2. The molecule has 0 spiro atoms. The van der Waals surface area contributed by atoms with Crippen LogP contribution in [0, 0.1) is 6.92 Å². The quantitative estimate of drug-likeness (QED) is 0.596. The zero-order valence-corrected chi connectivity index (χ0v) is 13.7. The van der Waals surface area contributed by atoms with Gasteiger partial charge < -0.3 is 5.32 Å². The summed E-state index contributed by atoms with van der Waals surface area (Å²) in [4.78, 5) is 4.52. The fourth-order valence-electron chi connectivity index (χ4n) is 2.95. The van der Waals surface area contributed by atoms with Gasteiger partial charge in [-0.15, -0.1) is 0 Å². The summed E-state index contributed by atoms with van der Waals surface area (Å²) in [5.41, 5.74) is 6.28. The number of rotatable bonds is 3. The van der Waals surface area contributed by atoms with E-state index >= 15 is 0 Å². The van der Waals surface area contributed by atoms with Crippen molar-refractivity contribution in [3.63, 3.8) is 0 Å². The van der Waals surface area contributed by atoms with E-state index in [1.807, 2.05) is 30.9 Å². The molecule has 1 N–H and O–H groups in total. The van der Waals surface area contributed by atoms with Crippen LogP contribution in [0.15, 0.2) is 66.9 Å². The summed E-state index contributed by atoms with van der Waals surface area (Å²) in [7, 11) is 1.92. The molecule has 0 aliphatic rings. The van der Waals surface area contributed by atoms with Gasteiger partial charge in [-0.05, 0) is 36.2 Å². The number of hydrogen-bond acceptors (Lipinski definition) is 3. The van der Waals surface area contributed by atoms with Crippen LogP contribution in [0.2, 0.25) is 0 Å². The Bertz CT molecular complexity index is 1000. The van der Waals surface area contributed by atoms with E-state index in [1.165, 1.54) is 11.1 Å². The molecule has 0 aliphatic heterocycles. The largest absolute Gasteiger partial charge is 0.354 e. The molecule has 4 nitrogen and oxygen atoms in total. The van der Waals surface area contributed by atoms with Crippen LogP contribution in [0.5, 0.6) is 0 Å². The van der Waals surface area contributed by atoms with Gasteiger partial charge >= 0.3 is 0 Å². The molecule has 0 saturated carbocycles. The summed E-state index contributed by atoms with van der Waals surface area (Å²) in [6.07, 6.45) is 1.85. The number of hydrogen-bond donors (Lipinski definition) is 1. The van der Waals surface area contributed by atoms with Crippen LogP contribution in [0.1, 0.15) is 5.69 Å². The lowest BCUT2D eigenvalue weighted by atomic mass is 10.1. The third kappa shape index (κ3) is 2.63. The molecule has 4 aromatic rings. The van der Waals surface area contributed by atoms with Gasteiger partial charge in [-0.1, -0.05) is 42.5 Å². The standard InChI is InChI=1S/C20H18N4/c1-14-19-12-18(13-21-20(19)24(2)23-14)22-17-10-6-9-16(11-17)15-7-4-3-5-8-15/h3-13,22H,1-2H3. The van der Waals surface area contributed by atoms with E-state index in [0.717, 1.165) is 28.1 Å². The molecule has 2 aromatic carbocycles. The number of fused-ring (bicyclic) bond motifs is 1. The Balaban J connectivity index is 1.67. The Kier molecular flexibility index (Phi) is 3.50. The Morgan fingerprint density at radius 2 is 1.67 bits per heavy atom. The maximum Gasteiger partial charge on any atom is 0.157 e. The van der Waals surface area contributed by atoms with Crippen molar-refractivity contribution in [2.24, 2.45) is 7.05 Å². The van der Waals surface area contributed by atoms with E-state index in [2.05, 4.69) is 70.0 Å². The third-order valence-electron chi connectivity index (χ3n) is 4.12. The average molecular weight is 314 g/mol. The van der Waals surface area contributed by atoms with Crippen LogP contribution in [0.3, 0.4) is 0 Å². The lowest BCUT2D eigenvalue weighted by molar-refractivity contribution is 0.774. The van der Waals surface area contributed by atoms with Gasteiger partial charge in [-0.2, -0.15) is 5.10 Å². The van der Waals surface area contributed by atoms with Crippen molar-refractivity contribution in [1.29, 1.82) is 0 Å². The highest BCUT2D eigenvalue weighted by Gasteiger charge is 2.07. The molecule has 0 fully saturated rings. The van der Waals surface area contributed by atoms with Gasteiger partial charge in [0.15, 0.2) is 5.65 Å². The van der Waals surface area contributed by atoms with Crippen LogP contribution < -0.4 is 5.32 Å². The highest BCUT2D eigenvalue weighted by atomic mass is 15.3. The number of nitrogens with zero attached hydrogens (tertiary/aromatic N) is 3. The molecule has 0 saturated heterocycles. The maximum atomic E-state index is 4.52. The Hall–Kier alpha value is -3.14. The fourth-order valence-corrected chi connectivity index (χ4v) is 2.95. The molecule has 2 heterocycles. The first-order valence-corrected chi connectivity index (χ1v) is 7.92. The Morgan fingerprint density at radius 1 is 0.875 bits per heavy atom. The summed E-state index contributed by atoms with van der Waals surface area (Å²) in [5, 5.41) is 8.93. The summed E-state index contributed by atoms with van der Waals surface area (Å²) in [5.74, 6) is 0. The molecule has 0 amide bonds. The predicted octanol–water partition coefficient (Wildman–Crippen LogP) is 4.69. The molecule has 0 atom stereocenters. The normalized spacial score (nSPS) is 10.9. The monoisotopic (exact) mass is 314 g/mol. The van der Waals surface area contributed by atoms with Crippen molar-refractivity contribution >= 4 is 22.4 Å². The number of nitrogens with one attached hydrogen (secondary N) is 1. The van der Waals surface area contributed by atoms with Gasteiger partial charge in [-0.3, -0.25) is 4.68 Å². The molecule has 0 aliphatic carbocycles. The first kappa shape index (κ1) is 14.5. The summed E-state index contributed by atoms with van der Waals surface area (Å²) >= 11 is 0. The molecule has 4 heteroatoms. The van der Waals surface area contributed by atoms with Crippen molar-refractivity contribution in [2.45, 2.75) is 6.92 Å². The summed E-state index contributed by atoms with van der Waals surface area (Å²) in [6.45, 7) is 2.00. The first-order chi connectivity index (χ1) is 11.7. The molecule has 0 bridgehead atoms. The highest BCUT2D eigenvalue weighted by Crippen LogP contribution is 2.26. The van der Waals surface area contributed by atoms with Gasteiger partial charge in [0, 0.05) is 18.1 Å². The van der Waals surface area contributed by atoms with E-state index in [1.54, 1.807) is 0 Å². The summed E-state index contributed by atoms with van der Waals surface area (Å²) in [6, 6.07) is 20.9. The van der Waals surface area contributed by atoms with Crippen LogP contribution in [-0.2, 0) is 7.05 Å². The number of pyridine rings is 1. The Morgan fingerprint density at radius 3 is 2.50 bits per heavy atom. The van der Waals surface area contributed by atoms with Crippen molar-refractivity contribution < 1.29 is 0 Å². The molecular formula is C20H18N4. The van der Waals surface area contributed by atoms with Crippen molar-refractivity contribution in [3.8, 4) is 11.1 Å². The highest BCUT2D eigenvalue weighted by molar-refractivity contribution is 5.82. The molecule has 0 unspecified atom stereocenters. The predicted molar refractivity (Wildman–Crippen MR) is 98.4 cm³/mol. The zero-order valence-electron chi connectivity index (χ0n) is 13.7. The second-order valence-electron chi connectivity index (χ2n) is 5.88. The van der Waals surface area contributed by atoms with Gasteiger partial charge in [0.05, 0.1) is 17.6 Å². The number of benzene rings is 2. The van der Waals surface area contributed by atoms with E-state index in [0.29, 0.717) is 0 Å². The first-order valence-electron chi connectivity index (χ1n) is 7.92. The minimum Gasteiger partial charge on any atom is -0.354 e. The molecular weight excluding hydrogens is 296 g/mol. The van der Waals surface area contributed by atoms with Gasteiger partial charge in [-0.25, -0.2) is 4.98 Å². The topological polar surface area (TPSA) is 42.7 Å². The maximum absolute atomic E-state index is 4.52. The minimum atomic E-state index is 0.899.